The average molecular weight is 271 g/mol. The van der Waals surface area contributed by atoms with E-state index in [1.165, 1.54) is 0 Å². The van der Waals surface area contributed by atoms with Crippen LogP contribution in [0.2, 0.25) is 0 Å². The van der Waals surface area contributed by atoms with Crippen LogP contribution in [0.5, 0.6) is 5.75 Å². The van der Waals surface area contributed by atoms with E-state index in [1.54, 1.807) is 6.07 Å². The largest absolute Gasteiger partial charge is 0.506 e. The zero-order valence-corrected chi connectivity index (χ0v) is 12.0. The Hall–Kier alpha value is -2.03. The van der Waals surface area contributed by atoms with E-state index in [1.807, 2.05) is 37.3 Å². The number of hydrogen-bond donors (Lipinski definition) is 2. The summed E-state index contributed by atoms with van der Waals surface area (Å²) >= 11 is 0. The highest BCUT2D eigenvalue weighted by Gasteiger charge is 2.15. The van der Waals surface area contributed by atoms with E-state index in [0.29, 0.717) is 10.9 Å². The van der Waals surface area contributed by atoms with Gasteiger partial charge in [0.1, 0.15) is 5.75 Å². The highest BCUT2D eigenvalue weighted by molar-refractivity contribution is 6.03. The topological polar surface area (TPSA) is 49.3 Å². The van der Waals surface area contributed by atoms with Crippen LogP contribution in [-0.4, -0.2) is 17.1 Å². The molecule has 2 rings (SSSR count). The number of nitrogens with one attached hydrogen (secondary N) is 1. The van der Waals surface area contributed by atoms with Gasteiger partial charge in [0.25, 0.3) is 5.91 Å². The van der Waals surface area contributed by atoms with Crippen LogP contribution in [0, 0.1) is 0 Å². The third-order valence-electron chi connectivity index (χ3n) is 3.51. The summed E-state index contributed by atoms with van der Waals surface area (Å²) in [5.74, 6) is -0.153. The maximum absolute atomic E-state index is 12.2. The predicted molar refractivity (Wildman–Crippen MR) is 82.1 cm³/mol. The molecule has 0 fully saturated rings. The Morgan fingerprint density at radius 2 is 2.00 bits per heavy atom. The molecule has 2 N–H and O–H groups in total. The van der Waals surface area contributed by atoms with Crippen LogP contribution in [0.15, 0.2) is 36.4 Å². The van der Waals surface area contributed by atoms with Gasteiger partial charge < -0.3 is 10.4 Å². The van der Waals surface area contributed by atoms with Gasteiger partial charge >= 0.3 is 0 Å². The molecule has 106 valence electrons. The molecule has 0 heterocycles. The van der Waals surface area contributed by atoms with Crippen LogP contribution in [0.3, 0.4) is 0 Å². The molecule has 0 spiro atoms. The number of fused-ring (bicyclic) bond motifs is 1. The lowest BCUT2D eigenvalue weighted by molar-refractivity contribution is 0.0935. The summed E-state index contributed by atoms with van der Waals surface area (Å²) in [6.45, 7) is 4.12. The second kappa shape index (κ2) is 6.42. The van der Waals surface area contributed by atoms with Crippen molar-refractivity contribution in [2.45, 2.75) is 39.2 Å². The molecule has 2 aromatic rings. The van der Waals surface area contributed by atoms with Crippen molar-refractivity contribution in [1.29, 1.82) is 0 Å². The third kappa shape index (κ3) is 3.10. The van der Waals surface area contributed by atoms with Crippen LogP contribution < -0.4 is 5.32 Å². The summed E-state index contributed by atoms with van der Waals surface area (Å²) in [6, 6.07) is 11.2. The fourth-order valence-electron chi connectivity index (χ4n) is 2.32. The molecule has 1 atom stereocenters. The van der Waals surface area contributed by atoms with Crippen molar-refractivity contribution < 1.29 is 9.90 Å². The molecular weight excluding hydrogens is 250 g/mol. The molecule has 3 nitrogen and oxygen atoms in total. The number of rotatable bonds is 5. The lowest BCUT2D eigenvalue weighted by atomic mass is 10.0. The molecule has 0 bridgehead atoms. The fourth-order valence-corrected chi connectivity index (χ4v) is 2.32. The van der Waals surface area contributed by atoms with E-state index in [4.69, 9.17) is 0 Å². The number of carbonyl (C=O) groups is 1. The number of benzene rings is 2. The van der Waals surface area contributed by atoms with Gasteiger partial charge in [0.2, 0.25) is 0 Å². The van der Waals surface area contributed by atoms with Crippen molar-refractivity contribution in [3.8, 4) is 5.75 Å². The van der Waals surface area contributed by atoms with Gasteiger partial charge in [0.15, 0.2) is 0 Å². The van der Waals surface area contributed by atoms with Gasteiger partial charge in [-0.2, -0.15) is 0 Å². The Morgan fingerprint density at radius 1 is 1.25 bits per heavy atom. The number of aromatic hydroxyl groups is 1. The summed E-state index contributed by atoms with van der Waals surface area (Å²) in [5.41, 5.74) is 0.340. The molecule has 0 aliphatic heterocycles. The minimum absolute atomic E-state index is 0.0586. The number of unbranched alkanes of at least 4 members (excludes halogenated alkanes) is 1. The summed E-state index contributed by atoms with van der Waals surface area (Å²) in [5, 5.41) is 14.8. The lowest BCUT2D eigenvalue weighted by Crippen LogP contribution is -2.32. The summed E-state index contributed by atoms with van der Waals surface area (Å²) in [6.07, 6.45) is 3.16. The van der Waals surface area contributed by atoms with E-state index in [0.717, 1.165) is 24.6 Å². The minimum atomic E-state index is -0.211. The average Bonchev–Trinajstić information content (AvgIpc) is 2.45. The van der Waals surface area contributed by atoms with Crippen molar-refractivity contribution in [2.24, 2.45) is 0 Å². The molecule has 0 aromatic heterocycles. The first-order chi connectivity index (χ1) is 9.63. The van der Waals surface area contributed by atoms with E-state index < -0.39 is 0 Å². The standard InChI is InChI=1S/C17H21NO2/c1-3-4-7-12(2)18-17(20)15-11-10-13-8-5-6-9-14(13)16(15)19/h5-6,8-12,19H,3-4,7H2,1-2H3,(H,18,20). The summed E-state index contributed by atoms with van der Waals surface area (Å²) < 4.78 is 0. The Balaban J connectivity index is 2.20. The Morgan fingerprint density at radius 3 is 2.75 bits per heavy atom. The smallest absolute Gasteiger partial charge is 0.255 e. The molecule has 0 aliphatic carbocycles. The van der Waals surface area contributed by atoms with Gasteiger partial charge in [-0.25, -0.2) is 0 Å². The Bertz CT molecular complexity index is 607. The van der Waals surface area contributed by atoms with Crippen LogP contribution in [0.4, 0.5) is 0 Å². The highest BCUT2D eigenvalue weighted by atomic mass is 16.3. The van der Waals surface area contributed by atoms with Crippen LogP contribution in [-0.2, 0) is 0 Å². The quantitative estimate of drug-likeness (QED) is 0.867. The third-order valence-corrected chi connectivity index (χ3v) is 3.51. The molecule has 1 amide bonds. The van der Waals surface area contributed by atoms with Crippen molar-refractivity contribution in [1.82, 2.24) is 5.32 Å². The molecule has 0 aliphatic rings. The summed E-state index contributed by atoms with van der Waals surface area (Å²) in [7, 11) is 0. The van der Waals surface area contributed by atoms with Crippen molar-refractivity contribution in [3.63, 3.8) is 0 Å². The molecule has 1 unspecified atom stereocenters. The number of phenols is 1. The van der Waals surface area contributed by atoms with Crippen LogP contribution in [0.1, 0.15) is 43.5 Å². The maximum Gasteiger partial charge on any atom is 0.255 e. The molecule has 0 radical (unpaired) electrons. The zero-order chi connectivity index (χ0) is 14.5. The molecule has 20 heavy (non-hydrogen) atoms. The Kier molecular flexibility index (Phi) is 4.61. The van der Waals surface area contributed by atoms with Crippen LogP contribution >= 0.6 is 0 Å². The molecule has 0 saturated carbocycles. The number of hydrogen-bond acceptors (Lipinski definition) is 2. The zero-order valence-electron chi connectivity index (χ0n) is 12.0. The van der Waals surface area contributed by atoms with E-state index in [-0.39, 0.29) is 17.7 Å². The molecule has 0 saturated heterocycles. The van der Waals surface area contributed by atoms with E-state index in [2.05, 4.69) is 12.2 Å². The summed E-state index contributed by atoms with van der Waals surface area (Å²) in [4.78, 5) is 12.2. The minimum Gasteiger partial charge on any atom is -0.506 e. The highest BCUT2D eigenvalue weighted by Crippen LogP contribution is 2.28. The fraction of sp³-hybridized carbons (Fsp3) is 0.353. The van der Waals surface area contributed by atoms with E-state index in [9.17, 15) is 9.90 Å². The number of phenolic OH excluding ortho intramolecular Hbond substituents is 1. The lowest BCUT2D eigenvalue weighted by Gasteiger charge is -2.14. The predicted octanol–water partition coefficient (Wildman–Crippen LogP) is 3.85. The van der Waals surface area contributed by atoms with Gasteiger partial charge in [-0.3, -0.25) is 4.79 Å². The van der Waals surface area contributed by atoms with Crippen molar-refractivity contribution >= 4 is 16.7 Å². The van der Waals surface area contributed by atoms with Crippen molar-refractivity contribution in [2.75, 3.05) is 0 Å². The first kappa shape index (κ1) is 14.4. The van der Waals surface area contributed by atoms with E-state index >= 15 is 0 Å². The number of amides is 1. The van der Waals surface area contributed by atoms with Gasteiger partial charge in [0, 0.05) is 11.4 Å². The van der Waals surface area contributed by atoms with Crippen molar-refractivity contribution in [3.05, 3.63) is 42.0 Å². The van der Waals surface area contributed by atoms with Crippen LogP contribution in [0.25, 0.3) is 10.8 Å². The second-order valence-electron chi connectivity index (χ2n) is 5.20. The maximum atomic E-state index is 12.2. The first-order valence-corrected chi connectivity index (χ1v) is 7.15. The van der Waals surface area contributed by atoms with Gasteiger partial charge in [0.05, 0.1) is 5.56 Å². The Labute approximate surface area is 119 Å². The molecule has 3 heteroatoms. The molecule has 2 aromatic carbocycles. The second-order valence-corrected chi connectivity index (χ2v) is 5.20. The van der Waals surface area contributed by atoms with Gasteiger partial charge in [-0.1, -0.05) is 50.1 Å². The normalized spacial score (nSPS) is 12.3. The first-order valence-electron chi connectivity index (χ1n) is 7.15. The van der Waals surface area contributed by atoms with Gasteiger partial charge in [-0.15, -0.1) is 0 Å². The monoisotopic (exact) mass is 271 g/mol. The number of carbonyl (C=O) groups excluding carboxylic acids is 1. The van der Waals surface area contributed by atoms with Gasteiger partial charge in [-0.05, 0) is 24.8 Å². The SMILES string of the molecule is CCCCC(C)NC(=O)c1ccc2ccccc2c1O. The molecular formula is C17H21NO2.